The maximum Gasteiger partial charge on any atom is 0.118 e. The van der Waals surface area contributed by atoms with Crippen molar-refractivity contribution in [2.75, 3.05) is 0 Å². The molecule has 1 rings (SSSR count). The molecule has 1 aromatic rings. The molecule has 2 heteroatoms. The van der Waals surface area contributed by atoms with Crippen molar-refractivity contribution in [1.29, 1.82) is 0 Å². The standard InChI is InChI=1S/C8H11NS/c1-4-6(2)8-9-7(3)5-10-8/h5H,2,4H2,1,3H3. The summed E-state index contributed by atoms with van der Waals surface area (Å²) in [4.78, 5) is 4.30. The molecule has 0 radical (unpaired) electrons. The van der Waals surface area contributed by atoms with E-state index >= 15 is 0 Å². The molecule has 0 spiro atoms. The summed E-state index contributed by atoms with van der Waals surface area (Å²) >= 11 is 1.67. The van der Waals surface area contributed by atoms with Crippen molar-refractivity contribution in [2.45, 2.75) is 20.3 Å². The Labute approximate surface area is 65.4 Å². The van der Waals surface area contributed by atoms with Gasteiger partial charge in [-0.1, -0.05) is 13.5 Å². The first-order chi connectivity index (χ1) is 4.74. The molecule has 1 nitrogen and oxygen atoms in total. The molecule has 0 amide bonds. The predicted molar refractivity (Wildman–Crippen MR) is 46.2 cm³/mol. The molecule has 0 atom stereocenters. The van der Waals surface area contributed by atoms with Crippen LogP contribution in [0, 0.1) is 6.92 Å². The van der Waals surface area contributed by atoms with Crippen molar-refractivity contribution in [3.8, 4) is 0 Å². The highest BCUT2D eigenvalue weighted by molar-refractivity contribution is 7.10. The number of aromatic nitrogens is 1. The van der Waals surface area contributed by atoms with Gasteiger partial charge >= 0.3 is 0 Å². The maximum absolute atomic E-state index is 4.30. The van der Waals surface area contributed by atoms with E-state index in [-0.39, 0.29) is 0 Å². The second-order valence-electron chi connectivity index (χ2n) is 2.25. The summed E-state index contributed by atoms with van der Waals surface area (Å²) in [6.45, 7) is 8.00. The SMILES string of the molecule is C=C(CC)c1nc(C)cs1. The third kappa shape index (κ3) is 1.45. The van der Waals surface area contributed by atoms with Crippen molar-refractivity contribution in [3.63, 3.8) is 0 Å². The van der Waals surface area contributed by atoms with Crippen LogP contribution >= 0.6 is 11.3 Å². The molecular weight excluding hydrogens is 142 g/mol. The molecule has 0 aliphatic carbocycles. The van der Waals surface area contributed by atoms with Gasteiger partial charge < -0.3 is 0 Å². The predicted octanol–water partition coefficient (Wildman–Crippen LogP) is 2.87. The third-order valence-electron chi connectivity index (χ3n) is 1.35. The fourth-order valence-corrected chi connectivity index (χ4v) is 1.51. The van der Waals surface area contributed by atoms with Crippen molar-refractivity contribution in [1.82, 2.24) is 4.98 Å². The van der Waals surface area contributed by atoms with E-state index in [9.17, 15) is 0 Å². The summed E-state index contributed by atoms with van der Waals surface area (Å²) < 4.78 is 0. The van der Waals surface area contributed by atoms with E-state index in [0.29, 0.717) is 0 Å². The molecule has 0 saturated carbocycles. The van der Waals surface area contributed by atoms with Gasteiger partial charge in [-0.25, -0.2) is 4.98 Å². The van der Waals surface area contributed by atoms with E-state index in [4.69, 9.17) is 0 Å². The number of thiazole rings is 1. The van der Waals surface area contributed by atoms with Gasteiger partial charge in [0.15, 0.2) is 0 Å². The van der Waals surface area contributed by atoms with Gasteiger partial charge in [0.25, 0.3) is 0 Å². The third-order valence-corrected chi connectivity index (χ3v) is 2.41. The van der Waals surface area contributed by atoms with Crippen LogP contribution in [-0.4, -0.2) is 4.98 Å². The molecule has 0 saturated heterocycles. The van der Waals surface area contributed by atoms with Gasteiger partial charge in [-0.15, -0.1) is 11.3 Å². The Hall–Kier alpha value is -0.630. The fraction of sp³-hybridized carbons (Fsp3) is 0.375. The van der Waals surface area contributed by atoms with E-state index in [1.54, 1.807) is 11.3 Å². The average Bonchev–Trinajstić information content (AvgIpc) is 2.34. The minimum absolute atomic E-state index is 0.993. The lowest BCUT2D eigenvalue weighted by Gasteiger charge is -1.92. The van der Waals surface area contributed by atoms with Crippen LogP contribution in [-0.2, 0) is 0 Å². The van der Waals surface area contributed by atoms with Crippen molar-refractivity contribution in [3.05, 3.63) is 22.7 Å². The van der Waals surface area contributed by atoms with Gasteiger partial charge in [0.1, 0.15) is 5.01 Å². The lowest BCUT2D eigenvalue weighted by atomic mass is 10.2. The minimum Gasteiger partial charge on any atom is -0.242 e. The molecule has 54 valence electrons. The Morgan fingerprint density at radius 3 is 2.90 bits per heavy atom. The molecule has 0 aliphatic heterocycles. The Kier molecular flexibility index (Phi) is 2.22. The van der Waals surface area contributed by atoms with Crippen LogP contribution in [0.15, 0.2) is 12.0 Å². The molecule has 0 bridgehead atoms. The van der Waals surface area contributed by atoms with Crippen LogP contribution in [0.3, 0.4) is 0 Å². The fourth-order valence-electron chi connectivity index (χ4n) is 0.668. The van der Waals surface area contributed by atoms with Gasteiger partial charge in [0, 0.05) is 11.1 Å². The highest BCUT2D eigenvalue weighted by atomic mass is 32.1. The van der Waals surface area contributed by atoms with Crippen LogP contribution in [0.4, 0.5) is 0 Å². The molecule has 10 heavy (non-hydrogen) atoms. The lowest BCUT2D eigenvalue weighted by molar-refractivity contribution is 1.18. The molecule has 1 heterocycles. The Morgan fingerprint density at radius 1 is 1.80 bits per heavy atom. The van der Waals surface area contributed by atoms with E-state index in [1.807, 2.05) is 6.92 Å². The van der Waals surface area contributed by atoms with Crippen molar-refractivity contribution < 1.29 is 0 Å². The summed E-state index contributed by atoms with van der Waals surface area (Å²) in [5.41, 5.74) is 2.23. The normalized spacial score (nSPS) is 9.80. The summed E-state index contributed by atoms with van der Waals surface area (Å²) in [6, 6.07) is 0. The monoisotopic (exact) mass is 153 g/mol. The Morgan fingerprint density at radius 2 is 2.50 bits per heavy atom. The van der Waals surface area contributed by atoms with Crippen LogP contribution < -0.4 is 0 Å². The van der Waals surface area contributed by atoms with E-state index in [0.717, 1.165) is 22.7 Å². The molecule has 1 aromatic heterocycles. The number of rotatable bonds is 2. The van der Waals surface area contributed by atoms with Gasteiger partial charge in [-0.2, -0.15) is 0 Å². The quantitative estimate of drug-likeness (QED) is 0.636. The van der Waals surface area contributed by atoms with Gasteiger partial charge in [0.05, 0.1) is 0 Å². The Bertz CT molecular complexity index is 237. The first-order valence-electron chi connectivity index (χ1n) is 3.34. The second kappa shape index (κ2) is 2.97. The summed E-state index contributed by atoms with van der Waals surface area (Å²) in [6.07, 6.45) is 0.993. The summed E-state index contributed by atoms with van der Waals surface area (Å²) in [5, 5.41) is 3.14. The number of hydrogen-bond donors (Lipinski definition) is 0. The highest BCUT2D eigenvalue weighted by Crippen LogP contribution is 2.19. The van der Waals surface area contributed by atoms with Gasteiger partial charge in [-0.05, 0) is 18.9 Å². The van der Waals surface area contributed by atoms with Gasteiger partial charge in [0.2, 0.25) is 0 Å². The Balaban J connectivity index is 2.85. The zero-order valence-corrected chi connectivity index (χ0v) is 7.16. The molecule has 0 aliphatic rings. The number of allylic oxidation sites excluding steroid dienone is 1. The van der Waals surface area contributed by atoms with Crippen molar-refractivity contribution >= 4 is 16.9 Å². The van der Waals surface area contributed by atoms with E-state index < -0.39 is 0 Å². The largest absolute Gasteiger partial charge is 0.242 e. The minimum atomic E-state index is 0.993. The topological polar surface area (TPSA) is 12.9 Å². The summed E-state index contributed by atoms with van der Waals surface area (Å²) in [7, 11) is 0. The van der Waals surface area contributed by atoms with E-state index in [1.165, 1.54) is 0 Å². The van der Waals surface area contributed by atoms with Crippen LogP contribution in [0.25, 0.3) is 5.57 Å². The molecule has 0 unspecified atom stereocenters. The summed E-state index contributed by atoms with van der Waals surface area (Å²) in [5.74, 6) is 0. The van der Waals surface area contributed by atoms with Crippen molar-refractivity contribution in [2.24, 2.45) is 0 Å². The molecule has 0 N–H and O–H groups in total. The zero-order chi connectivity index (χ0) is 7.56. The van der Waals surface area contributed by atoms with Crippen LogP contribution in [0.5, 0.6) is 0 Å². The van der Waals surface area contributed by atoms with Crippen LogP contribution in [0.1, 0.15) is 24.0 Å². The number of aryl methyl sites for hydroxylation is 1. The molecule has 0 fully saturated rings. The maximum atomic E-state index is 4.30. The second-order valence-corrected chi connectivity index (χ2v) is 3.11. The zero-order valence-electron chi connectivity index (χ0n) is 6.35. The average molecular weight is 153 g/mol. The van der Waals surface area contributed by atoms with Gasteiger partial charge in [-0.3, -0.25) is 0 Å². The lowest BCUT2D eigenvalue weighted by Crippen LogP contribution is -1.78. The molecule has 0 aromatic carbocycles. The molecular formula is C8H11NS. The highest BCUT2D eigenvalue weighted by Gasteiger charge is 1.99. The number of nitrogens with zero attached hydrogens (tertiary/aromatic N) is 1. The number of hydrogen-bond acceptors (Lipinski definition) is 2. The smallest absolute Gasteiger partial charge is 0.118 e. The van der Waals surface area contributed by atoms with E-state index in [2.05, 4.69) is 23.9 Å². The van der Waals surface area contributed by atoms with Crippen LogP contribution in [0.2, 0.25) is 0 Å². The first kappa shape index (κ1) is 7.48. The first-order valence-corrected chi connectivity index (χ1v) is 4.22.